The van der Waals surface area contributed by atoms with E-state index >= 15 is 0 Å². The zero-order chi connectivity index (χ0) is 17.8. The number of ether oxygens (including phenoxy) is 1. The highest BCUT2D eigenvalue weighted by molar-refractivity contribution is 6.69. The summed E-state index contributed by atoms with van der Waals surface area (Å²) in [7, 11) is -1.90. The zero-order valence-electron chi connectivity index (χ0n) is 15.6. The van der Waals surface area contributed by atoms with Crippen LogP contribution in [0.25, 0.3) is 0 Å². The van der Waals surface area contributed by atoms with Crippen LogP contribution in [0, 0.1) is 17.3 Å². The SMILES string of the molecule is CC(=O)O[C@H]1[C@H]2C(C)=C[C@](O[Si](C)(C)C)(CC2(C)C)[C@@H]1C(C)=O. The van der Waals surface area contributed by atoms with Gasteiger partial charge in [0.05, 0.1) is 11.5 Å². The molecule has 4 atom stereocenters. The Labute approximate surface area is 140 Å². The molecular weight excluding hydrogens is 308 g/mol. The predicted octanol–water partition coefficient (Wildman–Crippen LogP) is 3.72. The van der Waals surface area contributed by atoms with Crippen LogP contribution in [0.5, 0.6) is 0 Å². The van der Waals surface area contributed by atoms with Crippen molar-refractivity contribution in [3.8, 4) is 0 Å². The van der Waals surface area contributed by atoms with E-state index < -0.39 is 25.9 Å². The third kappa shape index (κ3) is 3.31. The Bertz CT molecular complexity index is 558. The highest BCUT2D eigenvalue weighted by Gasteiger charge is 2.63. The quantitative estimate of drug-likeness (QED) is 0.445. The molecule has 0 N–H and O–H groups in total. The zero-order valence-corrected chi connectivity index (χ0v) is 16.6. The van der Waals surface area contributed by atoms with Crippen molar-refractivity contribution in [2.75, 3.05) is 0 Å². The van der Waals surface area contributed by atoms with Crippen LogP contribution in [0.4, 0.5) is 0 Å². The third-order valence-electron chi connectivity index (χ3n) is 4.96. The summed E-state index contributed by atoms with van der Waals surface area (Å²) in [5.41, 5.74) is 0.437. The van der Waals surface area contributed by atoms with Gasteiger partial charge in [0.15, 0.2) is 8.32 Å². The molecular formula is C18H30O4Si. The fraction of sp³-hybridized carbons (Fsp3) is 0.778. The van der Waals surface area contributed by atoms with E-state index in [0.29, 0.717) is 0 Å². The number of hydrogen-bond acceptors (Lipinski definition) is 4. The molecule has 0 saturated heterocycles. The Hall–Kier alpha value is -0.943. The number of Topliss-reactive ketones (excluding diaryl/α,β-unsaturated/α-hetero) is 1. The van der Waals surface area contributed by atoms with Crippen molar-refractivity contribution in [2.24, 2.45) is 17.3 Å². The number of carbonyl (C=O) groups excluding carboxylic acids is 2. The van der Waals surface area contributed by atoms with Gasteiger partial charge in [0.25, 0.3) is 0 Å². The van der Waals surface area contributed by atoms with E-state index in [9.17, 15) is 9.59 Å². The van der Waals surface area contributed by atoms with Gasteiger partial charge in [0.2, 0.25) is 0 Å². The topological polar surface area (TPSA) is 52.6 Å². The van der Waals surface area contributed by atoms with Gasteiger partial charge in [-0.3, -0.25) is 9.59 Å². The molecule has 0 unspecified atom stereocenters. The minimum atomic E-state index is -1.90. The second-order valence-corrected chi connectivity index (χ2v) is 13.3. The van der Waals surface area contributed by atoms with E-state index in [0.717, 1.165) is 6.42 Å². The highest BCUT2D eigenvalue weighted by atomic mass is 28.4. The molecule has 0 heterocycles. The number of rotatable bonds is 4. The van der Waals surface area contributed by atoms with Crippen molar-refractivity contribution in [1.82, 2.24) is 0 Å². The van der Waals surface area contributed by atoms with E-state index in [4.69, 9.17) is 9.16 Å². The maximum Gasteiger partial charge on any atom is 0.302 e. The van der Waals surface area contributed by atoms with E-state index in [-0.39, 0.29) is 23.1 Å². The molecule has 3 rings (SSSR count). The molecule has 3 aliphatic rings. The molecule has 1 fully saturated rings. The Kier molecular flexibility index (Phi) is 4.44. The summed E-state index contributed by atoms with van der Waals surface area (Å²) in [5, 5.41) is 0. The molecule has 1 saturated carbocycles. The van der Waals surface area contributed by atoms with Crippen LogP contribution in [0.15, 0.2) is 11.6 Å². The Morgan fingerprint density at radius 3 is 2.17 bits per heavy atom. The Morgan fingerprint density at radius 1 is 1.22 bits per heavy atom. The Balaban J connectivity index is 2.62. The van der Waals surface area contributed by atoms with Gasteiger partial charge in [0, 0.05) is 12.8 Å². The lowest BCUT2D eigenvalue weighted by molar-refractivity contribution is -0.184. The molecule has 0 spiro atoms. The van der Waals surface area contributed by atoms with Gasteiger partial charge in [-0.25, -0.2) is 0 Å². The Morgan fingerprint density at radius 2 is 1.78 bits per heavy atom. The van der Waals surface area contributed by atoms with E-state index in [1.54, 1.807) is 6.92 Å². The molecule has 5 heteroatoms. The summed E-state index contributed by atoms with van der Waals surface area (Å²) >= 11 is 0. The summed E-state index contributed by atoms with van der Waals surface area (Å²) in [5.74, 6) is -0.647. The molecule has 0 aromatic rings. The fourth-order valence-electron chi connectivity index (χ4n) is 4.94. The van der Waals surface area contributed by atoms with Crippen LogP contribution >= 0.6 is 0 Å². The van der Waals surface area contributed by atoms with Crippen LogP contribution in [0.3, 0.4) is 0 Å². The lowest BCUT2D eigenvalue weighted by Gasteiger charge is -2.60. The summed E-state index contributed by atoms with van der Waals surface area (Å²) in [6.07, 6.45) is 2.50. The van der Waals surface area contributed by atoms with Gasteiger partial charge in [0.1, 0.15) is 11.9 Å². The van der Waals surface area contributed by atoms with Gasteiger partial charge in [-0.05, 0) is 45.3 Å². The summed E-state index contributed by atoms with van der Waals surface area (Å²) in [6.45, 7) is 15.8. The van der Waals surface area contributed by atoms with Gasteiger partial charge < -0.3 is 9.16 Å². The van der Waals surface area contributed by atoms with Crippen LogP contribution in [0.2, 0.25) is 19.6 Å². The fourth-order valence-corrected chi connectivity index (χ4v) is 6.34. The standard InChI is InChI=1S/C18H30O4Si/c1-11-9-18(22-23(6,7)8)10-17(4,5)14(11)16(21-13(3)20)15(18)12(2)19/h9,14-16H,10H2,1-8H3/t14-,15-,16+,18+/m1/s1. The molecule has 0 aromatic carbocycles. The van der Waals surface area contributed by atoms with Crippen molar-refractivity contribution in [2.45, 2.75) is 72.4 Å². The molecule has 4 nitrogen and oxygen atoms in total. The first kappa shape index (κ1) is 18.4. The van der Waals surface area contributed by atoms with Crippen molar-refractivity contribution in [1.29, 1.82) is 0 Å². The van der Waals surface area contributed by atoms with Gasteiger partial charge in [-0.1, -0.05) is 25.5 Å². The smallest absolute Gasteiger partial charge is 0.302 e. The molecule has 0 aromatic heterocycles. The molecule has 2 bridgehead atoms. The second kappa shape index (κ2) is 5.55. The summed E-state index contributed by atoms with van der Waals surface area (Å²) in [6, 6.07) is 0. The maximum atomic E-state index is 12.5. The first-order valence-electron chi connectivity index (χ1n) is 8.36. The van der Waals surface area contributed by atoms with E-state index in [1.165, 1.54) is 12.5 Å². The monoisotopic (exact) mass is 338 g/mol. The van der Waals surface area contributed by atoms with Crippen LogP contribution in [-0.4, -0.2) is 31.8 Å². The normalized spacial score (nSPS) is 35.7. The van der Waals surface area contributed by atoms with Gasteiger partial charge in [-0.2, -0.15) is 0 Å². The first-order valence-corrected chi connectivity index (χ1v) is 11.8. The van der Waals surface area contributed by atoms with Crippen molar-refractivity contribution >= 4 is 20.1 Å². The van der Waals surface area contributed by atoms with E-state index in [2.05, 4.69) is 46.5 Å². The van der Waals surface area contributed by atoms with Crippen molar-refractivity contribution in [3.05, 3.63) is 11.6 Å². The molecule has 0 amide bonds. The number of ketones is 1. The average molecular weight is 339 g/mol. The number of carbonyl (C=O) groups is 2. The average Bonchev–Trinajstić information content (AvgIpc) is 2.19. The third-order valence-corrected chi connectivity index (χ3v) is 5.95. The summed E-state index contributed by atoms with van der Waals surface area (Å²) in [4.78, 5) is 24.2. The van der Waals surface area contributed by atoms with Crippen LogP contribution in [-0.2, 0) is 18.8 Å². The lowest BCUT2D eigenvalue weighted by Crippen LogP contribution is -2.66. The van der Waals surface area contributed by atoms with Crippen LogP contribution in [0.1, 0.15) is 41.0 Å². The minimum Gasteiger partial charge on any atom is -0.461 e. The number of fused-ring (bicyclic) bond motifs is 2. The highest BCUT2D eigenvalue weighted by Crippen LogP contribution is 2.59. The molecule has 130 valence electrons. The van der Waals surface area contributed by atoms with Crippen molar-refractivity contribution < 1.29 is 18.8 Å². The van der Waals surface area contributed by atoms with Gasteiger partial charge >= 0.3 is 5.97 Å². The van der Waals surface area contributed by atoms with Crippen molar-refractivity contribution in [3.63, 3.8) is 0 Å². The largest absolute Gasteiger partial charge is 0.461 e. The predicted molar refractivity (Wildman–Crippen MR) is 92.5 cm³/mol. The maximum absolute atomic E-state index is 12.5. The lowest BCUT2D eigenvalue weighted by atomic mass is 9.50. The minimum absolute atomic E-state index is 0.0405. The number of esters is 1. The molecule has 23 heavy (non-hydrogen) atoms. The summed E-state index contributed by atoms with van der Waals surface area (Å²) < 4.78 is 12.3. The van der Waals surface area contributed by atoms with Gasteiger partial charge in [-0.15, -0.1) is 0 Å². The molecule has 0 aliphatic heterocycles. The second-order valence-electron chi connectivity index (χ2n) is 8.86. The molecule has 0 radical (unpaired) electrons. The first-order chi connectivity index (χ1) is 10.3. The van der Waals surface area contributed by atoms with E-state index in [1.807, 2.05) is 0 Å². The molecule has 3 aliphatic carbocycles. The number of hydrogen-bond donors (Lipinski definition) is 0. The van der Waals surface area contributed by atoms with Crippen LogP contribution < -0.4 is 0 Å².